The second-order valence-corrected chi connectivity index (χ2v) is 3.86. The van der Waals surface area contributed by atoms with E-state index in [1.54, 1.807) is 0 Å². The van der Waals surface area contributed by atoms with Crippen LogP contribution < -0.4 is 5.32 Å². The van der Waals surface area contributed by atoms with E-state index in [0.29, 0.717) is 5.92 Å². The zero-order chi connectivity index (χ0) is 8.27. The molecule has 0 unspecified atom stereocenters. The fraction of sp³-hybridized carbons (Fsp3) is 1.00. The van der Waals surface area contributed by atoms with Crippen molar-refractivity contribution in [3.8, 4) is 0 Å². The van der Waals surface area contributed by atoms with Gasteiger partial charge in [-0.1, -0.05) is 13.8 Å². The van der Waals surface area contributed by atoms with Crippen LogP contribution in [0.4, 0.5) is 4.39 Å². The van der Waals surface area contributed by atoms with E-state index in [-0.39, 0.29) is 6.04 Å². The van der Waals surface area contributed by atoms with Gasteiger partial charge in [0.25, 0.3) is 0 Å². The van der Waals surface area contributed by atoms with Crippen molar-refractivity contribution in [2.45, 2.75) is 45.3 Å². The maximum Gasteiger partial charge on any atom is 0.115 e. The smallest absolute Gasteiger partial charge is 0.115 e. The summed E-state index contributed by atoms with van der Waals surface area (Å²) in [7, 11) is 0. The molecule has 1 nitrogen and oxygen atoms in total. The molecule has 1 N–H and O–H groups in total. The van der Waals surface area contributed by atoms with E-state index >= 15 is 0 Å². The summed E-state index contributed by atoms with van der Waals surface area (Å²) < 4.78 is 13.0. The zero-order valence-corrected chi connectivity index (χ0v) is 7.44. The molecule has 66 valence electrons. The minimum absolute atomic E-state index is 0.150. The number of halogens is 1. The van der Waals surface area contributed by atoms with Crippen molar-refractivity contribution in [1.82, 2.24) is 5.32 Å². The van der Waals surface area contributed by atoms with Crippen molar-refractivity contribution in [1.29, 1.82) is 0 Å². The fourth-order valence-corrected chi connectivity index (χ4v) is 1.53. The summed E-state index contributed by atoms with van der Waals surface area (Å²) in [5, 5.41) is 3.26. The molecule has 0 amide bonds. The Morgan fingerprint density at radius 1 is 1.45 bits per heavy atom. The van der Waals surface area contributed by atoms with Crippen molar-refractivity contribution in [2.75, 3.05) is 6.54 Å². The second-order valence-electron chi connectivity index (χ2n) is 3.86. The molecule has 2 heteroatoms. The Labute approximate surface area is 68.4 Å². The van der Waals surface area contributed by atoms with Crippen molar-refractivity contribution in [2.24, 2.45) is 5.92 Å². The number of nitrogens with one attached hydrogen (secondary N) is 1. The summed E-state index contributed by atoms with van der Waals surface area (Å²) >= 11 is 0. The normalized spacial score (nSPS) is 31.6. The van der Waals surface area contributed by atoms with E-state index in [4.69, 9.17) is 0 Å². The average molecular weight is 159 g/mol. The molecule has 1 aliphatic carbocycles. The third-order valence-corrected chi connectivity index (χ3v) is 2.22. The molecule has 11 heavy (non-hydrogen) atoms. The van der Waals surface area contributed by atoms with Gasteiger partial charge in [-0.2, -0.15) is 0 Å². The van der Waals surface area contributed by atoms with Crippen LogP contribution >= 0.6 is 0 Å². The van der Waals surface area contributed by atoms with Crippen LogP contribution in [0.5, 0.6) is 0 Å². The van der Waals surface area contributed by atoms with Gasteiger partial charge in [-0.15, -0.1) is 0 Å². The van der Waals surface area contributed by atoms with Crippen LogP contribution in [0.1, 0.15) is 33.1 Å². The Bertz CT molecular complexity index is 114. The third kappa shape index (κ3) is 2.78. The molecule has 0 saturated heterocycles. The predicted molar refractivity (Wildman–Crippen MR) is 45.4 cm³/mol. The van der Waals surface area contributed by atoms with Crippen LogP contribution in [-0.2, 0) is 0 Å². The Hall–Kier alpha value is -0.110. The fourth-order valence-electron chi connectivity index (χ4n) is 1.53. The summed E-state index contributed by atoms with van der Waals surface area (Å²) in [4.78, 5) is 0. The van der Waals surface area contributed by atoms with Gasteiger partial charge >= 0.3 is 0 Å². The summed E-state index contributed by atoms with van der Waals surface area (Å²) in [6.45, 7) is 5.25. The molecule has 1 aliphatic rings. The van der Waals surface area contributed by atoms with Crippen molar-refractivity contribution in [3.63, 3.8) is 0 Å². The molecule has 1 saturated carbocycles. The average Bonchev–Trinajstić information content (AvgIpc) is 2.31. The first-order chi connectivity index (χ1) is 5.20. The number of hydrogen-bond donors (Lipinski definition) is 1. The van der Waals surface area contributed by atoms with Crippen molar-refractivity contribution >= 4 is 0 Å². The summed E-state index contributed by atoms with van der Waals surface area (Å²) in [6.07, 6.45) is 2.24. The third-order valence-electron chi connectivity index (χ3n) is 2.22. The first-order valence-corrected chi connectivity index (χ1v) is 4.57. The Balaban J connectivity index is 2.15. The summed E-state index contributed by atoms with van der Waals surface area (Å²) in [5.41, 5.74) is 0. The second kappa shape index (κ2) is 4.05. The molecule has 0 aromatic carbocycles. The lowest BCUT2D eigenvalue weighted by atomic mass is 10.2. The van der Waals surface area contributed by atoms with Gasteiger partial charge in [0.15, 0.2) is 0 Å². The lowest BCUT2D eigenvalue weighted by Crippen LogP contribution is -2.35. The number of alkyl halides is 1. The molecule has 0 radical (unpaired) electrons. The van der Waals surface area contributed by atoms with E-state index in [1.807, 2.05) is 0 Å². The van der Waals surface area contributed by atoms with Gasteiger partial charge in [0.1, 0.15) is 6.17 Å². The minimum atomic E-state index is -0.589. The van der Waals surface area contributed by atoms with E-state index in [0.717, 1.165) is 25.8 Å². The SMILES string of the molecule is CC(C)CN[C@H]1CCC[C@@H]1F. The minimum Gasteiger partial charge on any atom is -0.311 e. The maximum absolute atomic E-state index is 13.0. The molecule has 0 heterocycles. The molecular weight excluding hydrogens is 141 g/mol. The highest BCUT2D eigenvalue weighted by Crippen LogP contribution is 2.21. The number of hydrogen-bond acceptors (Lipinski definition) is 1. The molecular formula is C9H18FN. The van der Waals surface area contributed by atoms with Crippen LogP contribution in [0.25, 0.3) is 0 Å². The zero-order valence-electron chi connectivity index (χ0n) is 7.44. The van der Waals surface area contributed by atoms with E-state index in [9.17, 15) is 4.39 Å². The van der Waals surface area contributed by atoms with E-state index in [1.165, 1.54) is 0 Å². The van der Waals surface area contributed by atoms with Gasteiger partial charge in [-0.05, 0) is 31.7 Å². The molecule has 0 spiro atoms. The predicted octanol–water partition coefficient (Wildman–Crippen LogP) is 2.12. The standard InChI is InChI=1S/C9H18FN/c1-7(2)6-11-9-5-3-4-8(9)10/h7-9,11H,3-6H2,1-2H3/t8-,9-/m0/s1. The molecule has 1 rings (SSSR count). The van der Waals surface area contributed by atoms with Gasteiger partial charge in [-0.3, -0.25) is 0 Å². The van der Waals surface area contributed by atoms with Crippen molar-refractivity contribution in [3.05, 3.63) is 0 Å². The van der Waals surface area contributed by atoms with Crippen LogP contribution in [-0.4, -0.2) is 18.8 Å². The Morgan fingerprint density at radius 3 is 2.64 bits per heavy atom. The van der Waals surface area contributed by atoms with Gasteiger partial charge in [-0.25, -0.2) is 4.39 Å². The highest BCUT2D eigenvalue weighted by molar-refractivity contribution is 4.82. The first kappa shape index (κ1) is 8.98. The summed E-state index contributed by atoms with van der Waals surface area (Å²) in [5.74, 6) is 0.628. The van der Waals surface area contributed by atoms with Gasteiger partial charge in [0, 0.05) is 6.04 Å². The molecule has 0 aromatic heterocycles. The van der Waals surface area contributed by atoms with Crippen LogP contribution in [0.2, 0.25) is 0 Å². The molecule has 2 atom stereocenters. The van der Waals surface area contributed by atoms with Gasteiger partial charge in [0.2, 0.25) is 0 Å². The molecule has 0 aromatic rings. The number of rotatable bonds is 3. The Kier molecular flexibility index (Phi) is 3.31. The highest BCUT2D eigenvalue weighted by Gasteiger charge is 2.25. The molecule has 1 fully saturated rings. The maximum atomic E-state index is 13.0. The van der Waals surface area contributed by atoms with Crippen LogP contribution in [0, 0.1) is 5.92 Å². The molecule has 0 aliphatic heterocycles. The monoisotopic (exact) mass is 159 g/mol. The van der Waals surface area contributed by atoms with E-state index < -0.39 is 6.17 Å². The van der Waals surface area contributed by atoms with E-state index in [2.05, 4.69) is 19.2 Å². The molecule has 0 bridgehead atoms. The lowest BCUT2D eigenvalue weighted by Gasteiger charge is -2.16. The largest absolute Gasteiger partial charge is 0.311 e. The van der Waals surface area contributed by atoms with Crippen LogP contribution in [0.3, 0.4) is 0 Å². The lowest BCUT2D eigenvalue weighted by molar-refractivity contribution is 0.274. The Morgan fingerprint density at radius 2 is 2.18 bits per heavy atom. The quantitative estimate of drug-likeness (QED) is 0.665. The van der Waals surface area contributed by atoms with Gasteiger partial charge < -0.3 is 5.32 Å². The highest BCUT2D eigenvalue weighted by atomic mass is 19.1. The summed E-state index contributed by atoms with van der Waals surface area (Å²) in [6, 6.07) is 0.150. The first-order valence-electron chi connectivity index (χ1n) is 4.57. The van der Waals surface area contributed by atoms with Crippen molar-refractivity contribution < 1.29 is 4.39 Å². The van der Waals surface area contributed by atoms with Gasteiger partial charge in [0.05, 0.1) is 0 Å². The van der Waals surface area contributed by atoms with Crippen LogP contribution in [0.15, 0.2) is 0 Å². The topological polar surface area (TPSA) is 12.0 Å².